The number of aromatic nitrogens is 2. The molecule has 1 aliphatic rings. The molecule has 7 nitrogen and oxygen atoms in total. The first kappa shape index (κ1) is 19.2. The van der Waals surface area contributed by atoms with Crippen LogP contribution in [-0.2, 0) is 11.8 Å². The van der Waals surface area contributed by atoms with E-state index in [1.807, 2.05) is 26.4 Å². The van der Waals surface area contributed by atoms with E-state index in [9.17, 15) is 4.39 Å². The number of benzene rings is 1. The quantitative estimate of drug-likeness (QED) is 0.475. The van der Waals surface area contributed by atoms with Crippen molar-refractivity contribution in [1.29, 1.82) is 0 Å². The lowest BCUT2D eigenvalue weighted by Gasteiger charge is -2.34. The minimum Gasteiger partial charge on any atom is -0.492 e. The van der Waals surface area contributed by atoms with Crippen LogP contribution >= 0.6 is 0 Å². The van der Waals surface area contributed by atoms with Crippen LogP contribution in [0.5, 0.6) is 5.75 Å². The summed E-state index contributed by atoms with van der Waals surface area (Å²) in [6, 6.07) is 6.13. The molecule has 2 aromatic rings. The SMILES string of the molecule is CCNC(=NCCOc1cccc(F)c1)N1CCOC(c2cnn(C)c2)C1. The van der Waals surface area contributed by atoms with E-state index in [1.54, 1.807) is 16.8 Å². The number of hydrogen-bond donors (Lipinski definition) is 1. The van der Waals surface area contributed by atoms with Crippen molar-refractivity contribution in [2.75, 3.05) is 39.4 Å². The summed E-state index contributed by atoms with van der Waals surface area (Å²) in [6.07, 6.45) is 3.79. The minimum atomic E-state index is -0.306. The third-order valence-electron chi connectivity index (χ3n) is 4.22. The summed E-state index contributed by atoms with van der Waals surface area (Å²) in [5, 5.41) is 7.54. The summed E-state index contributed by atoms with van der Waals surface area (Å²) in [6.45, 7) is 5.79. The van der Waals surface area contributed by atoms with Gasteiger partial charge in [0.05, 0.1) is 25.9 Å². The molecule has 0 bridgehead atoms. The van der Waals surface area contributed by atoms with Gasteiger partial charge in [-0.15, -0.1) is 0 Å². The van der Waals surface area contributed by atoms with Gasteiger partial charge in [-0.1, -0.05) is 6.07 Å². The minimum absolute atomic E-state index is 0.0279. The molecule has 1 aliphatic heterocycles. The molecule has 0 aliphatic carbocycles. The topological polar surface area (TPSA) is 63.9 Å². The van der Waals surface area contributed by atoms with Gasteiger partial charge in [0.1, 0.15) is 24.3 Å². The number of aliphatic imine (C=N–C) groups is 1. The number of ether oxygens (including phenoxy) is 2. The van der Waals surface area contributed by atoms with E-state index in [0.29, 0.717) is 32.1 Å². The van der Waals surface area contributed by atoms with Crippen LogP contribution < -0.4 is 10.1 Å². The zero-order chi connectivity index (χ0) is 19.1. The first-order valence-corrected chi connectivity index (χ1v) is 9.17. The Hall–Kier alpha value is -2.61. The second-order valence-corrected chi connectivity index (χ2v) is 6.29. The highest BCUT2D eigenvalue weighted by molar-refractivity contribution is 5.80. The van der Waals surface area contributed by atoms with E-state index in [1.165, 1.54) is 12.1 Å². The number of rotatable bonds is 6. The van der Waals surface area contributed by atoms with Crippen molar-refractivity contribution in [3.8, 4) is 5.75 Å². The van der Waals surface area contributed by atoms with Crippen molar-refractivity contribution in [2.24, 2.45) is 12.0 Å². The highest BCUT2D eigenvalue weighted by Gasteiger charge is 2.25. The van der Waals surface area contributed by atoms with Gasteiger partial charge in [-0.3, -0.25) is 4.68 Å². The summed E-state index contributed by atoms with van der Waals surface area (Å²) in [5.74, 6) is 1.04. The van der Waals surface area contributed by atoms with Gasteiger partial charge in [0.2, 0.25) is 0 Å². The predicted octanol–water partition coefficient (Wildman–Crippen LogP) is 1.98. The number of morpholine rings is 1. The monoisotopic (exact) mass is 375 g/mol. The predicted molar refractivity (Wildman–Crippen MR) is 101 cm³/mol. The molecular weight excluding hydrogens is 349 g/mol. The molecule has 1 aromatic carbocycles. The molecule has 0 amide bonds. The van der Waals surface area contributed by atoms with Gasteiger partial charge >= 0.3 is 0 Å². The van der Waals surface area contributed by atoms with Crippen LogP contribution in [0.1, 0.15) is 18.6 Å². The molecule has 0 spiro atoms. The third-order valence-corrected chi connectivity index (χ3v) is 4.22. The maximum atomic E-state index is 13.2. The molecule has 27 heavy (non-hydrogen) atoms. The van der Waals surface area contributed by atoms with E-state index in [0.717, 1.165) is 24.6 Å². The lowest BCUT2D eigenvalue weighted by atomic mass is 10.1. The molecule has 0 radical (unpaired) electrons. The van der Waals surface area contributed by atoms with Crippen LogP contribution in [0.25, 0.3) is 0 Å². The van der Waals surface area contributed by atoms with Crippen molar-refractivity contribution in [1.82, 2.24) is 20.0 Å². The molecule has 1 saturated heterocycles. The van der Waals surface area contributed by atoms with Crippen LogP contribution in [0, 0.1) is 5.82 Å². The van der Waals surface area contributed by atoms with Crippen molar-refractivity contribution in [3.63, 3.8) is 0 Å². The van der Waals surface area contributed by atoms with E-state index in [-0.39, 0.29) is 11.9 Å². The summed E-state index contributed by atoms with van der Waals surface area (Å²) < 4.78 is 26.4. The highest BCUT2D eigenvalue weighted by atomic mass is 19.1. The average Bonchev–Trinajstić information content (AvgIpc) is 3.11. The van der Waals surface area contributed by atoms with Gasteiger partial charge in [0, 0.05) is 38.0 Å². The fraction of sp³-hybridized carbons (Fsp3) is 0.474. The molecule has 2 heterocycles. The third kappa shape index (κ3) is 5.43. The number of nitrogens with zero attached hydrogens (tertiary/aromatic N) is 4. The van der Waals surface area contributed by atoms with E-state index in [2.05, 4.69) is 20.3 Å². The molecule has 3 rings (SSSR count). The van der Waals surface area contributed by atoms with Crippen molar-refractivity contribution >= 4 is 5.96 Å². The Labute approximate surface area is 158 Å². The van der Waals surface area contributed by atoms with Crippen LogP contribution in [0.15, 0.2) is 41.7 Å². The molecule has 1 atom stereocenters. The Morgan fingerprint density at radius 2 is 2.37 bits per heavy atom. The first-order valence-electron chi connectivity index (χ1n) is 9.17. The second kappa shape index (κ2) is 9.36. The Kier molecular flexibility index (Phi) is 6.64. The highest BCUT2D eigenvalue weighted by Crippen LogP contribution is 2.21. The zero-order valence-electron chi connectivity index (χ0n) is 15.8. The summed E-state index contributed by atoms with van der Waals surface area (Å²) in [4.78, 5) is 6.83. The molecule has 1 aromatic heterocycles. The smallest absolute Gasteiger partial charge is 0.194 e. The van der Waals surface area contributed by atoms with Crippen molar-refractivity contribution < 1.29 is 13.9 Å². The lowest BCUT2D eigenvalue weighted by molar-refractivity contribution is -0.00805. The van der Waals surface area contributed by atoms with Gasteiger partial charge in [-0.2, -0.15) is 5.10 Å². The van der Waals surface area contributed by atoms with E-state index in [4.69, 9.17) is 9.47 Å². The van der Waals surface area contributed by atoms with Gasteiger partial charge in [0.25, 0.3) is 0 Å². The number of hydrogen-bond acceptors (Lipinski definition) is 4. The van der Waals surface area contributed by atoms with Crippen LogP contribution in [0.3, 0.4) is 0 Å². The molecule has 0 saturated carbocycles. The van der Waals surface area contributed by atoms with Gasteiger partial charge in [-0.25, -0.2) is 9.38 Å². The summed E-state index contributed by atoms with van der Waals surface area (Å²) >= 11 is 0. The van der Waals surface area contributed by atoms with Crippen molar-refractivity contribution in [3.05, 3.63) is 48.0 Å². The molecule has 8 heteroatoms. The average molecular weight is 375 g/mol. The van der Waals surface area contributed by atoms with Crippen LogP contribution in [0.4, 0.5) is 4.39 Å². The van der Waals surface area contributed by atoms with Crippen LogP contribution in [-0.4, -0.2) is 60.0 Å². The number of guanidine groups is 1. The molecular formula is C19H26FN5O2. The zero-order valence-corrected chi connectivity index (χ0v) is 15.8. The molecule has 1 unspecified atom stereocenters. The summed E-state index contributed by atoms with van der Waals surface area (Å²) in [5.41, 5.74) is 1.06. The Balaban J connectivity index is 1.57. The maximum Gasteiger partial charge on any atom is 0.194 e. The van der Waals surface area contributed by atoms with E-state index >= 15 is 0 Å². The fourth-order valence-electron chi connectivity index (χ4n) is 2.95. The number of aryl methyl sites for hydroxylation is 1. The Morgan fingerprint density at radius 1 is 1.48 bits per heavy atom. The van der Waals surface area contributed by atoms with Gasteiger partial charge in [-0.05, 0) is 19.1 Å². The standard InChI is InChI=1S/C19H26FN5O2/c1-3-21-19(22-7-9-26-17-6-4-5-16(20)11-17)25-8-10-27-18(14-25)15-12-23-24(2)13-15/h4-6,11-13,18H,3,7-10,14H2,1-2H3,(H,21,22). The Morgan fingerprint density at radius 3 is 3.11 bits per heavy atom. The molecule has 146 valence electrons. The molecule has 1 fully saturated rings. The van der Waals surface area contributed by atoms with Crippen LogP contribution in [0.2, 0.25) is 0 Å². The van der Waals surface area contributed by atoms with Crippen molar-refractivity contribution in [2.45, 2.75) is 13.0 Å². The van der Waals surface area contributed by atoms with Gasteiger partial charge < -0.3 is 19.7 Å². The summed E-state index contributed by atoms with van der Waals surface area (Å²) in [7, 11) is 1.90. The van der Waals surface area contributed by atoms with E-state index < -0.39 is 0 Å². The largest absolute Gasteiger partial charge is 0.492 e. The lowest BCUT2D eigenvalue weighted by Crippen LogP contribution is -2.48. The second-order valence-electron chi connectivity index (χ2n) is 6.29. The van der Waals surface area contributed by atoms with Gasteiger partial charge in [0.15, 0.2) is 5.96 Å². The Bertz CT molecular complexity index is 764. The number of nitrogens with one attached hydrogen (secondary N) is 1. The normalized spacial score (nSPS) is 17.8. The maximum absolute atomic E-state index is 13.2. The first-order chi connectivity index (χ1) is 13.2. The molecule has 1 N–H and O–H groups in total. The fourth-order valence-corrected chi connectivity index (χ4v) is 2.95. The number of halogens is 1.